The van der Waals surface area contributed by atoms with Crippen LogP contribution in [0.4, 0.5) is 0 Å². The molecule has 0 saturated carbocycles. The maximum absolute atomic E-state index is 2.34. The van der Waals surface area contributed by atoms with E-state index in [-0.39, 0.29) is 24.0 Å². The predicted octanol–water partition coefficient (Wildman–Crippen LogP) is -0.401. The molecule has 16 heavy (non-hydrogen) atoms. The molecular weight excluding hydrogens is 331 g/mol. The van der Waals surface area contributed by atoms with Gasteiger partial charge in [-0.15, -0.1) is 0 Å². The van der Waals surface area contributed by atoms with Gasteiger partial charge in [-0.1, -0.05) is 23.5 Å². The van der Waals surface area contributed by atoms with Crippen LogP contribution in [0.25, 0.3) is 16.0 Å². The molecule has 2 nitrogen and oxygen atoms in total. The van der Waals surface area contributed by atoms with Gasteiger partial charge in [0.25, 0.3) is 0 Å². The van der Waals surface area contributed by atoms with Crippen LogP contribution in [-0.4, -0.2) is 4.57 Å². The Morgan fingerprint density at radius 1 is 1.19 bits per heavy atom. The maximum atomic E-state index is 2.34. The van der Waals surface area contributed by atoms with Gasteiger partial charge in [-0.05, 0) is 26.0 Å². The molecule has 0 radical (unpaired) electrons. The number of rotatable bonds is 0. The molecule has 0 spiro atoms. The summed E-state index contributed by atoms with van der Waals surface area (Å²) in [6, 6.07) is 8.54. The molecule has 0 unspecified atom stereocenters. The summed E-state index contributed by atoms with van der Waals surface area (Å²) in [5.74, 6) is 0. The molecule has 4 heteroatoms. The number of fused-ring (bicyclic) bond motifs is 3. The van der Waals surface area contributed by atoms with E-state index in [4.69, 9.17) is 0 Å². The average molecular weight is 344 g/mol. The number of benzene rings is 1. The van der Waals surface area contributed by atoms with Crippen LogP contribution in [0.3, 0.4) is 0 Å². The largest absolute Gasteiger partial charge is 1.00 e. The summed E-state index contributed by atoms with van der Waals surface area (Å²) in [6.07, 6.45) is 0. The normalized spacial score (nSPS) is 10.9. The van der Waals surface area contributed by atoms with Crippen LogP contribution in [0.5, 0.6) is 0 Å². The second-order valence-electron chi connectivity index (χ2n) is 3.91. The van der Waals surface area contributed by atoms with Crippen LogP contribution in [-0.2, 0) is 7.05 Å². The maximum Gasteiger partial charge on any atom is 0.346 e. The minimum absolute atomic E-state index is 0. The Morgan fingerprint density at radius 3 is 2.62 bits per heavy atom. The fraction of sp³-hybridized carbons (Fsp3) is 0.250. The first kappa shape index (κ1) is 11.9. The van der Waals surface area contributed by atoms with E-state index in [0.29, 0.717) is 0 Å². The van der Waals surface area contributed by atoms with Gasteiger partial charge in [0.15, 0.2) is 11.0 Å². The topological polar surface area (TPSA) is 9.03 Å². The van der Waals surface area contributed by atoms with Gasteiger partial charge in [-0.3, -0.25) is 0 Å². The number of aromatic nitrogens is 2. The van der Waals surface area contributed by atoms with Crippen LogP contribution in [0.2, 0.25) is 0 Å². The zero-order chi connectivity index (χ0) is 10.6. The molecular formula is C12H13IN2S. The number of nitrogens with zero attached hydrogens (tertiary/aromatic N) is 2. The zero-order valence-electron chi connectivity index (χ0n) is 9.49. The van der Waals surface area contributed by atoms with Crippen LogP contribution in [0.1, 0.15) is 10.6 Å². The summed E-state index contributed by atoms with van der Waals surface area (Å²) in [4.78, 5) is 2.71. The third-order valence-corrected chi connectivity index (χ3v) is 4.29. The lowest BCUT2D eigenvalue weighted by Gasteiger charge is -1.87. The van der Waals surface area contributed by atoms with E-state index < -0.39 is 0 Å². The van der Waals surface area contributed by atoms with E-state index >= 15 is 0 Å². The number of hydrogen-bond donors (Lipinski definition) is 0. The molecule has 2 heterocycles. The molecule has 0 saturated heterocycles. The van der Waals surface area contributed by atoms with E-state index in [2.05, 4.69) is 54.1 Å². The van der Waals surface area contributed by atoms with Crippen molar-refractivity contribution in [2.75, 3.05) is 0 Å². The number of thiazole rings is 1. The molecule has 1 aromatic carbocycles. The molecule has 0 amide bonds. The third kappa shape index (κ3) is 1.39. The first-order valence-electron chi connectivity index (χ1n) is 5.05. The number of imidazole rings is 1. The first-order valence-corrected chi connectivity index (χ1v) is 5.87. The summed E-state index contributed by atoms with van der Waals surface area (Å²) >= 11 is 1.86. The van der Waals surface area contributed by atoms with Crippen molar-refractivity contribution < 1.29 is 28.4 Å². The Hall–Kier alpha value is -0.620. The van der Waals surface area contributed by atoms with Crippen molar-refractivity contribution in [1.29, 1.82) is 0 Å². The highest BCUT2D eigenvalue weighted by atomic mass is 127. The Balaban J connectivity index is 0.000000963. The van der Waals surface area contributed by atoms with Crippen molar-refractivity contribution in [3.05, 3.63) is 34.8 Å². The molecule has 3 rings (SSSR count). The van der Waals surface area contributed by atoms with Crippen LogP contribution < -0.4 is 28.4 Å². The van der Waals surface area contributed by atoms with Gasteiger partial charge < -0.3 is 24.0 Å². The number of halogens is 1. The van der Waals surface area contributed by atoms with Gasteiger partial charge in [0.05, 0.1) is 11.9 Å². The molecule has 0 bridgehead atoms. The minimum atomic E-state index is 0. The first-order chi connectivity index (χ1) is 7.20. The summed E-state index contributed by atoms with van der Waals surface area (Å²) in [5, 5.41) is 0. The van der Waals surface area contributed by atoms with Gasteiger partial charge >= 0.3 is 4.96 Å². The van der Waals surface area contributed by atoms with E-state index in [1.165, 1.54) is 26.6 Å². The molecule has 0 aliphatic heterocycles. The van der Waals surface area contributed by atoms with E-state index in [1.807, 2.05) is 11.3 Å². The van der Waals surface area contributed by atoms with Crippen LogP contribution in [0.15, 0.2) is 24.3 Å². The quantitative estimate of drug-likeness (QED) is 0.388. The molecule has 3 aromatic rings. The number of para-hydroxylation sites is 2. The van der Waals surface area contributed by atoms with E-state index in [0.717, 1.165) is 0 Å². The van der Waals surface area contributed by atoms with Gasteiger partial charge in [0.2, 0.25) is 0 Å². The number of hydrogen-bond acceptors (Lipinski definition) is 1. The van der Waals surface area contributed by atoms with Gasteiger partial charge in [-0.2, -0.15) is 4.40 Å². The average Bonchev–Trinajstić information content (AvgIpc) is 2.68. The highest BCUT2D eigenvalue weighted by Crippen LogP contribution is 2.22. The molecule has 0 N–H and O–H groups in total. The molecule has 0 fully saturated rings. The Bertz CT molecular complexity index is 666. The van der Waals surface area contributed by atoms with Crippen molar-refractivity contribution in [2.24, 2.45) is 7.05 Å². The second kappa shape index (κ2) is 4.00. The molecule has 2 aromatic heterocycles. The second-order valence-corrected chi connectivity index (χ2v) is 5.09. The lowest BCUT2D eigenvalue weighted by atomic mass is 10.3. The highest BCUT2D eigenvalue weighted by Gasteiger charge is 2.21. The predicted molar refractivity (Wildman–Crippen MR) is 63.4 cm³/mol. The minimum Gasteiger partial charge on any atom is -1.00 e. The van der Waals surface area contributed by atoms with Gasteiger partial charge in [0, 0.05) is 0 Å². The van der Waals surface area contributed by atoms with Crippen molar-refractivity contribution >= 4 is 27.3 Å². The smallest absolute Gasteiger partial charge is 0.346 e. The molecule has 0 atom stereocenters. The van der Waals surface area contributed by atoms with E-state index in [1.54, 1.807) is 0 Å². The van der Waals surface area contributed by atoms with Crippen LogP contribution >= 0.6 is 11.3 Å². The third-order valence-electron chi connectivity index (χ3n) is 3.05. The van der Waals surface area contributed by atoms with Crippen molar-refractivity contribution in [1.82, 2.24) is 4.57 Å². The van der Waals surface area contributed by atoms with Crippen molar-refractivity contribution in [3.8, 4) is 0 Å². The summed E-state index contributed by atoms with van der Waals surface area (Å²) in [6.45, 7) is 4.37. The molecule has 0 aliphatic carbocycles. The van der Waals surface area contributed by atoms with Crippen molar-refractivity contribution in [2.45, 2.75) is 13.8 Å². The summed E-state index contributed by atoms with van der Waals surface area (Å²) < 4.78 is 4.61. The van der Waals surface area contributed by atoms with Gasteiger partial charge in [0.1, 0.15) is 5.69 Å². The summed E-state index contributed by atoms with van der Waals surface area (Å²) in [7, 11) is 2.13. The number of aryl methyl sites for hydroxylation is 3. The molecule has 84 valence electrons. The lowest BCUT2D eigenvalue weighted by Crippen LogP contribution is -3.00. The Kier molecular flexibility index (Phi) is 2.96. The SMILES string of the molecule is Cc1sc2n(C)c3ccccc3[n+]2c1C.[I-]. The van der Waals surface area contributed by atoms with Crippen LogP contribution in [0, 0.1) is 13.8 Å². The van der Waals surface area contributed by atoms with Gasteiger partial charge in [-0.25, -0.2) is 4.57 Å². The standard InChI is InChI=1S/C12H13N2S.HI/c1-8-9(2)15-12-13(3)10-6-4-5-7-11(10)14(8)12;/h4-7H,1-3H3;1H/q+1;/p-1. The van der Waals surface area contributed by atoms with Crippen molar-refractivity contribution in [3.63, 3.8) is 0 Å². The Morgan fingerprint density at radius 2 is 1.88 bits per heavy atom. The lowest BCUT2D eigenvalue weighted by molar-refractivity contribution is -0.485. The fourth-order valence-corrected chi connectivity index (χ4v) is 3.17. The van der Waals surface area contributed by atoms with E-state index in [9.17, 15) is 0 Å². The Labute approximate surface area is 116 Å². The zero-order valence-corrected chi connectivity index (χ0v) is 12.5. The fourth-order valence-electron chi connectivity index (χ4n) is 2.10. The highest BCUT2D eigenvalue weighted by molar-refractivity contribution is 7.16. The molecule has 0 aliphatic rings. The summed E-state index contributed by atoms with van der Waals surface area (Å²) in [5.41, 5.74) is 3.95. The monoisotopic (exact) mass is 344 g/mol.